The molecule has 0 aliphatic heterocycles. The highest BCUT2D eigenvalue weighted by molar-refractivity contribution is 5.47. The number of nitro groups is 1. The molecule has 66 valence electrons. The van der Waals surface area contributed by atoms with Crippen molar-refractivity contribution in [2.24, 2.45) is 0 Å². The molecule has 0 saturated heterocycles. The molecule has 0 N–H and O–H groups in total. The van der Waals surface area contributed by atoms with Gasteiger partial charge in [0.05, 0.1) is 6.07 Å². The first-order valence-electron chi connectivity index (χ1n) is 3.28. The lowest BCUT2D eigenvalue weighted by Gasteiger charge is -1.83. The maximum absolute atomic E-state index is 10.2. The first-order chi connectivity index (χ1) is 6.27. The van der Waals surface area contributed by atoms with Crippen molar-refractivity contribution >= 4 is 5.88 Å². The first kappa shape index (κ1) is 7.47. The summed E-state index contributed by atoms with van der Waals surface area (Å²) in [4.78, 5) is 13.3. The number of hydrogen-bond acceptors (Lipinski definition) is 6. The van der Waals surface area contributed by atoms with Gasteiger partial charge < -0.3 is 8.94 Å². The predicted octanol–water partition coefficient (Wildman–Crippen LogP) is 1.24. The van der Waals surface area contributed by atoms with Crippen LogP contribution in [-0.4, -0.2) is 15.1 Å². The zero-order chi connectivity index (χ0) is 9.26. The highest BCUT2D eigenvalue weighted by Crippen LogP contribution is 2.22. The van der Waals surface area contributed by atoms with E-state index >= 15 is 0 Å². The van der Waals surface area contributed by atoms with Crippen LogP contribution >= 0.6 is 0 Å². The van der Waals surface area contributed by atoms with Crippen molar-refractivity contribution < 1.29 is 13.9 Å². The molecule has 0 radical (unpaired) electrons. The molecule has 0 saturated carbocycles. The molecule has 0 spiro atoms. The molecule has 0 amide bonds. The zero-order valence-electron chi connectivity index (χ0n) is 6.21. The predicted molar refractivity (Wildman–Crippen MR) is 38.7 cm³/mol. The van der Waals surface area contributed by atoms with Gasteiger partial charge in [0, 0.05) is 0 Å². The van der Waals surface area contributed by atoms with Crippen LogP contribution < -0.4 is 0 Å². The van der Waals surface area contributed by atoms with Crippen LogP contribution in [0.2, 0.25) is 0 Å². The third kappa shape index (κ3) is 1.26. The summed E-state index contributed by atoms with van der Waals surface area (Å²) in [6.45, 7) is 0. The summed E-state index contributed by atoms with van der Waals surface area (Å²) in [5.41, 5.74) is 0. The van der Waals surface area contributed by atoms with Crippen LogP contribution in [0.15, 0.2) is 27.5 Å². The second-order valence-corrected chi connectivity index (χ2v) is 2.15. The topological polar surface area (TPSA) is 95.2 Å². The summed E-state index contributed by atoms with van der Waals surface area (Å²) in [5, 5.41) is 13.7. The van der Waals surface area contributed by atoms with Gasteiger partial charge in [-0.25, -0.2) is 0 Å². The quantitative estimate of drug-likeness (QED) is 0.510. The van der Waals surface area contributed by atoms with E-state index in [4.69, 9.17) is 4.42 Å². The van der Waals surface area contributed by atoms with Gasteiger partial charge in [0.25, 0.3) is 0 Å². The summed E-state index contributed by atoms with van der Waals surface area (Å²) >= 11 is 0. The van der Waals surface area contributed by atoms with Gasteiger partial charge in [-0.05, 0) is 6.07 Å². The third-order valence-corrected chi connectivity index (χ3v) is 1.35. The Balaban J connectivity index is 2.39. The van der Waals surface area contributed by atoms with Crippen LogP contribution in [0.4, 0.5) is 5.88 Å². The number of aromatic nitrogens is 2. The van der Waals surface area contributed by atoms with E-state index in [9.17, 15) is 10.1 Å². The lowest BCUT2D eigenvalue weighted by molar-refractivity contribution is -0.401. The van der Waals surface area contributed by atoms with Crippen LogP contribution in [0.1, 0.15) is 0 Å². The minimum atomic E-state index is -0.635. The molecule has 2 aromatic heterocycles. The van der Waals surface area contributed by atoms with E-state index in [0.29, 0.717) is 0 Å². The number of nitrogens with zero attached hydrogens (tertiary/aromatic N) is 3. The molecule has 2 rings (SSSR count). The van der Waals surface area contributed by atoms with Crippen LogP contribution in [0.5, 0.6) is 0 Å². The minimum absolute atomic E-state index is 0.188. The fourth-order valence-corrected chi connectivity index (χ4v) is 0.825. The normalized spacial score (nSPS) is 10.2. The molecule has 2 aromatic rings. The third-order valence-electron chi connectivity index (χ3n) is 1.35. The average Bonchev–Trinajstić information content (AvgIpc) is 2.75. The minimum Gasteiger partial charge on any atom is -0.397 e. The van der Waals surface area contributed by atoms with E-state index in [0.717, 1.165) is 6.39 Å². The van der Waals surface area contributed by atoms with E-state index in [1.165, 1.54) is 12.1 Å². The van der Waals surface area contributed by atoms with Crippen LogP contribution in [0.25, 0.3) is 11.6 Å². The monoisotopic (exact) mass is 181 g/mol. The van der Waals surface area contributed by atoms with E-state index in [1.54, 1.807) is 0 Å². The fourth-order valence-electron chi connectivity index (χ4n) is 0.825. The van der Waals surface area contributed by atoms with Crippen LogP contribution in [-0.2, 0) is 0 Å². The summed E-state index contributed by atoms with van der Waals surface area (Å²) < 4.78 is 9.25. The smallest absolute Gasteiger partial charge is 0.397 e. The Bertz CT molecular complexity index is 419. The molecule has 0 bridgehead atoms. The molecule has 0 fully saturated rings. The van der Waals surface area contributed by atoms with Crippen molar-refractivity contribution in [3.8, 4) is 11.6 Å². The van der Waals surface area contributed by atoms with Crippen molar-refractivity contribution in [3.63, 3.8) is 0 Å². The largest absolute Gasteiger partial charge is 0.433 e. The SMILES string of the molecule is O=[N+]([O-])c1ccc(-c2ncon2)o1. The van der Waals surface area contributed by atoms with Crippen LogP contribution in [0, 0.1) is 10.1 Å². The van der Waals surface area contributed by atoms with Crippen molar-refractivity contribution in [1.29, 1.82) is 0 Å². The number of furan rings is 1. The Morgan fingerprint density at radius 1 is 1.46 bits per heavy atom. The van der Waals surface area contributed by atoms with Gasteiger partial charge in [-0.1, -0.05) is 5.16 Å². The van der Waals surface area contributed by atoms with Crippen molar-refractivity contribution in [2.45, 2.75) is 0 Å². The molecule has 2 heterocycles. The molecule has 7 heteroatoms. The molecule has 0 aliphatic rings. The highest BCUT2D eigenvalue weighted by Gasteiger charge is 2.15. The lowest BCUT2D eigenvalue weighted by Crippen LogP contribution is -1.82. The van der Waals surface area contributed by atoms with Gasteiger partial charge in [-0.15, -0.1) is 0 Å². The standard InChI is InChI=1S/C6H3N3O4/c10-9(11)5-2-1-4(13-5)6-7-3-12-8-6/h1-3H. The molecule has 0 aromatic carbocycles. The lowest BCUT2D eigenvalue weighted by atomic mass is 10.4. The highest BCUT2D eigenvalue weighted by atomic mass is 16.6. The fraction of sp³-hybridized carbons (Fsp3) is 0. The van der Waals surface area contributed by atoms with E-state index in [2.05, 4.69) is 14.7 Å². The maximum atomic E-state index is 10.2. The van der Waals surface area contributed by atoms with E-state index in [-0.39, 0.29) is 17.5 Å². The first-order valence-corrected chi connectivity index (χ1v) is 3.28. The van der Waals surface area contributed by atoms with E-state index < -0.39 is 4.92 Å². The van der Waals surface area contributed by atoms with Gasteiger partial charge in [0.1, 0.15) is 4.92 Å². The second kappa shape index (κ2) is 2.70. The molecule has 0 aliphatic carbocycles. The van der Waals surface area contributed by atoms with Gasteiger partial charge in [-0.2, -0.15) is 4.98 Å². The second-order valence-electron chi connectivity index (χ2n) is 2.15. The molecule has 0 atom stereocenters. The summed E-state index contributed by atoms with van der Waals surface area (Å²) in [5.74, 6) is 0.0494. The Morgan fingerprint density at radius 3 is 2.85 bits per heavy atom. The van der Waals surface area contributed by atoms with Gasteiger partial charge in [-0.3, -0.25) is 10.1 Å². The maximum Gasteiger partial charge on any atom is 0.433 e. The Hall–Kier alpha value is -2.18. The van der Waals surface area contributed by atoms with Gasteiger partial charge in [0.2, 0.25) is 12.2 Å². The summed E-state index contributed by atoms with van der Waals surface area (Å²) in [7, 11) is 0. The number of rotatable bonds is 2. The average molecular weight is 181 g/mol. The van der Waals surface area contributed by atoms with E-state index in [1.807, 2.05) is 0 Å². The summed E-state index contributed by atoms with van der Waals surface area (Å²) in [6.07, 6.45) is 1.11. The Kier molecular flexibility index (Phi) is 1.55. The van der Waals surface area contributed by atoms with Crippen molar-refractivity contribution in [2.75, 3.05) is 0 Å². The molecular formula is C6H3N3O4. The van der Waals surface area contributed by atoms with Gasteiger partial charge in [0.15, 0.2) is 5.76 Å². The van der Waals surface area contributed by atoms with Gasteiger partial charge >= 0.3 is 5.88 Å². The Morgan fingerprint density at radius 2 is 2.31 bits per heavy atom. The van der Waals surface area contributed by atoms with Crippen molar-refractivity contribution in [3.05, 3.63) is 28.6 Å². The summed E-state index contributed by atoms with van der Waals surface area (Å²) in [6, 6.07) is 2.63. The zero-order valence-corrected chi connectivity index (χ0v) is 6.21. The molecule has 13 heavy (non-hydrogen) atoms. The molecule has 0 unspecified atom stereocenters. The molecule has 7 nitrogen and oxygen atoms in total. The number of hydrogen-bond donors (Lipinski definition) is 0. The molecular weight excluding hydrogens is 178 g/mol. The van der Waals surface area contributed by atoms with Crippen LogP contribution in [0.3, 0.4) is 0 Å². The van der Waals surface area contributed by atoms with Crippen molar-refractivity contribution in [1.82, 2.24) is 10.1 Å². The Labute approximate surface area is 71.1 Å².